The molecule has 20 heavy (non-hydrogen) atoms. The number of halogens is 4. The number of carbonyl (C=O) groups is 2. The second kappa shape index (κ2) is 5.48. The smallest absolute Gasteiger partial charge is 0.422 e. The second-order valence-electron chi connectivity index (χ2n) is 4.28. The van der Waals surface area contributed by atoms with Crippen LogP contribution in [0.25, 0.3) is 0 Å². The number of hydrogen-bond donors (Lipinski definition) is 2. The highest BCUT2D eigenvalue weighted by molar-refractivity contribution is 5.88. The Morgan fingerprint density at radius 3 is 2.35 bits per heavy atom. The van der Waals surface area contributed by atoms with Crippen LogP contribution in [0.15, 0.2) is 24.3 Å². The van der Waals surface area contributed by atoms with Crippen LogP contribution < -0.4 is 5.32 Å². The third kappa shape index (κ3) is 3.46. The number of amides is 1. The van der Waals surface area contributed by atoms with Crippen molar-refractivity contribution in [2.75, 3.05) is 0 Å². The van der Waals surface area contributed by atoms with Gasteiger partial charge in [0.15, 0.2) is 0 Å². The third-order valence-electron chi connectivity index (χ3n) is 2.64. The standard InChI is InChI=1S/C12H11F4NO3/c1-11(10(19)20,12(14,15)16)17-9(18)6-7-3-2-4-8(13)5-7/h2-5H,6H2,1H3,(H,17,18)(H,19,20). The van der Waals surface area contributed by atoms with Crippen molar-refractivity contribution in [2.24, 2.45) is 0 Å². The van der Waals surface area contributed by atoms with Gasteiger partial charge in [-0.3, -0.25) is 4.79 Å². The van der Waals surface area contributed by atoms with Gasteiger partial charge in [0.2, 0.25) is 11.4 Å². The number of hydrogen-bond acceptors (Lipinski definition) is 2. The molecule has 2 N–H and O–H groups in total. The van der Waals surface area contributed by atoms with Gasteiger partial charge in [-0.15, -0.1) is 0 Å². The molecule has 0 bridgehead atoms. The maximum Gasteiger partial charge on any atom is 0.422 e. The fourth-order valence-corrected chi connectivity index (χ4v) is 1.40. The summed E-state index contributed by atoms with van der Waals surface area (Å²) in [4.78, 5) is 22.2. The molecule has 0 aliphatic rings. The van der Waals surface area contributed by atoms with Gasteiger partial charge < -0.3 is 10.4 Å². The van der Waals surface area contributed by atoms with Crippen LogP contribution in [-0.2, 0) is 16.0 Å². The highest BCUT2D eigenvalue weighted by atomic mass is 19.4. The molecule has 1 amide bonds. The molecule has 4 nitrogen and oxygen atoms in total. The maximum absolute atomic E-state index is 12.9. The zero-order chi connectivity index (χ0) is 15.6. The fraction of sp³-hybridized carbons (Fsp3) is 0.333. The lowest BCUT2D eigenvalue weighted by Crippen LogP contribution is -2.62. The summed E-state index contributed by atoms with van der Waals surface area (Å²) < 4.78 is 50.9. The molecular weight excluding hydrogens is 282 g/mol. The molecule has 110 valence electrons. The predicted molar refractivity (Wildman–Crippen MR) is 60.3 cm³/mol. The van der Waals surface area contributed by atoms with E-state index in [4.69, 9.17) is 5.11 Å². The summed E-state index contributed by atoms with van der Waals surface area (Å²) in [5.41, 5.74) is -3.25. The summed E-state index contributed by atoms with van der Waals surface area (Å²) in [5, 5.41) is 10.0. The summed E-state index contributed by atoms with van der Waals surface area (Å²) in [6.07, 6.45) is -5.72. The molecule has 0 saturated carbocycles. The number of rotatable bonds is 4. The molecule has 0 aromatic heterocycles. The van der Waals surface area contributed by atoms with Gasteiger partial charge in [-0.2, -0.15) is 13.2 Å². The first-order valence-corrected chi connectivity index (χ1v) is 5.42. The molecule has 1 unspecified atom stereocenters. The van der Waals surface area contributed by atoms with E-state index in [0.717, 1.165) is 12.1 Å². The van der Waals surface area contributed by atoms with Crippen LogP contribution in [0, 0.1) is 5.82 Å². The number of benzene rings is 1. The molecule has 8 heteroatoms. The Hall–Kier alpha value is -2.12. The molecule has 0 fully saturated rings. The molecule has 1 aromatic carbocycles. The van der Waals surface area contributed by atoms with E-state index in [2.05, 4.69) is 0 Å². The van der Waals surface area contributed by atoms with Gasteiger partial charge in [0.1, 0.15) is 5.82 Å². The summed E-state index contributed by atoms with van der Waals surface area (Å²) in [5.74, 6) is -4.04. The number of carboxylic acid groups (broad SMARTS) is 1. The lowest BCUT2D eigenvalue weighted by Gasteiger charge is -2.28. The normalized spacial score (nSPS) is 14.4. The van der Waals surface area contributed by atoms with Crippen LogP contribution in [0.5, 0.6) is 0 Å². The highest BCUT2D eigenvalue weighted by Crippen LogP contribution is 2.30. The van der Waals surface area contributed by atoms with E-state index in [1.807, 2.05) is 0 Å². The van der Waals surface area contributed by atoms with Crippen LogP contribution in [-0.4, -0.2) is 28.7 Å². The number of carbonyl (C=O) groups excluding carboxylic acids is 1. The Balaban J connectivity index is 2.86. The minimum atomic E-state index is -5.16. The van der Waals surface area contributed by atoms with E-state index in [0.29, 0.717) is 6.92 Å². The van der Waals surface area contributed by atoms with Crippen molar-refractivity contribution in [1.29, 1.82) is 0 Å². The molecule has 0 radical (unpaired) electrons. The van der Waals surface area contributed by atoms with Crippen molar-refractivity contribution in [1.82, 2.24) is 5.32 Å². The molecule has 0 spiro atoms. The van der Waals surface area contributed by atoms with Crippen molar-refractivity contribution < 1.29 is 32.3 Å². The van der Waals surface area contributed by atoms with E-state index in [1.165, 1.54) is 17.4 Å². The minimum absolute atomic E-state index is 0.136. The minimum Gasteiger partial charge on any atom is -0.479 e. The summed E-state index contributed by atoms with van der Waals surface area (Å²) in [6.45, 7) is 0.346. The van der Waals surface area contributed by atoms with Crippen LogP contribution in [0.2, 0.25) is 0 Å². The van der Waals surface area contributed by atoms with Crippen molar-refractivity contribution in [2.45, 2.75) is 25.1 Å². The number of aliphatic carboxylic acids is 1. The molecule has 1 aromatic rings. The van der Waals surface area contributed by atoms with Crippen molar-refractivity contribution in [3.8, 4) is 0 Å². The Morgan fingerprint density at radius 1 is 1.30 bits per heavy atom. The SMILES string of the molecule is CC(NC(=O)Cc1cccc(F)c1)(C(=O)O)C(F)(F)F. The monoisotopic (exact) mass is 293 g/mol. The summed E-state index contributed by atoms with van der Waals surface area (Å²) >= 11 is 0. The Bertz CT molecular complexity index is 530. The van der Waals surface area contributed by atoms with Crippen molar-refractivity contribution in [3.05, 3.63) is 35.6 Å². The molecule has 1 atom stereocenters. The van der Waals surface area contributed by atoms with E-state index < -0.39 is 35.8 Å². The first-order valence-electron chi connectivity index (χ1n) is 5.42. The van der Waals surface area contributed by atoms with Gasteiger partial charge in [-0.25, -0.2) is 9.18 Å². The molecule has 0 aliphatic carbocycles. The average molecular weight is 293 g/mol. The highest BCUT2D eigenvalue weighted by Gasteiger charge is 2.58. The van der Waals surface area contributed by atoms with Crippen LogP contribution >= 0.6 is 0 Å². The topological polar surface area (TPSA) is 66.4 Å². The molecule has 0 saturated heterocycles. The largest absolute Gasteiger partial charge is 0.479 e. The van der Waals surface area contributed by atoms with E-state index in [9.17, 15) is 27.2 Å². The Kier molecular flexibility index (Phi) is 4.36. The van der Waals surface area contributed by atoms with E-state index >= 15 is 0 Å². The number of alkyl halides is 3. The predicted octanol–water partition coefficient (Wildman–Crippen LogP) is 1.89. The average Bonchev–Trinajstić information content (AvgIpc) is 2.26. The zero-order valence-electron chi connectivity index (χ0n) is 10.3. The van der Waals surface area contributed by atoms with Crippen molar-refractivity contribution in [3.63, 3.8) is 0 Å². The lowest BCUT2D eigenvalue weighted by molar-refractivity contribution is -0.206. The molecular formula is C12H11F4NO3. The maximum atomic E-state index is 12.9. The van der Waals surface area contributed by atoms with Gasteiger partial charge >= 0.3 is 12.1 Å². The first-order chi connectivity index (χ1) is 9.06. The van der Waals surface area contributed by atoms with Gasteiger partial charge in [0, 0.05) is 0 Å². The Morgan fingerprint density at radius 2 is 1.90 bits per heavy atom. The second-order valence-corrected chi connectivity index (χ2v) is 4.28. The molecule has 1 rings (SSSR count). The van der Waals surface area contributed by atoms with Crippen LogP contribution in [0.1, 0.15) is 12.5 Å². The summed E-state index contributed by atoms with van der Waals surface area (Å²) in [6, 6.07) is 4.72. The van der Waals surface area contributed by atoms with Gasteiger partial charge in [0.05, 0.1) is 6.42 Å². The lowest BCUT2D eigenvalue weighted by atomic mass is 10.0. The van der Waals surface area contributed by atoms with Gasteiger partial charge in [-0.1, -0.05) is 12.1 Å². The quantitative estimate of drug-likeness (QED) is 0.833. The van der Waals surface area contributed by atoms with E-state index in [1.54, 1.807) is 0 Å². The third-order valence-corrected chi connectivity index (χ3v) is 2.64. The molecule has 0 heterocycles. The van der Waals surface area contributed by atoms with Crippen LogP contribution in [0.4, 0.5) is 17.6 Å². The zero-order valence-corrected chi connectivity index (χ0v) is 10.3. The number of nitrogens with one attached hydrogen (secondary N) is 1. The summed E-state index contributed by atoms with van der Waals surface area (Å²) in [7, 11) is 0. The van der Waals surface area contributed by atoms with E-state index in [-0.39, 0.29) is 5.56 Å². The van der Waals surface area contributed by atoms with Crippen LogP contribution in [0.3, 0.4) is 0 Å². The first kappa shape index (κ1) is 15.9. The number of carboxylic acids is 1. The fourth-order valence-electron chi connectivity index (χ4n) is 1.40. The molecule has 0 aliphatic heterocycles. The van der Waals surface area contributed by atoms with Gasteiger partial charge in [-0.05, 0) is 24.6 Å². The Labute approximate surface area is 111 Å². The van der Waals surface area contributed by atoms with Gasteiger partial charge in [0.25, 0.3) is 0 Å². The van der Waals surface area contributed by atoms with Crippen molar-refractivity contribution >= 4 is 11.9 Å².